The van der Waals surface area contributed by atoms with E-state index in [1.165, 1.54) is 0 Å². The minimum absolute atomic E-state index is 0.636. The highest BCUT2D eigenvalue weighted by atomic mass is 16.5. The van der Waals surface area contributed by atoms with E-state index in [0.29, 0.717) is 18.1 Å². The number of hydrogen-bond donors (Lipinski definition) is 0. The molecule has 0 saturated heterocycles. The van der Waals surface area contributed by atoms with Crippen molar-refractivity contribution in [3.8, 4) is 17.2 Å². The van der Waals surface area contributed by atoms with E-state index in [9.17, 15) is 0 Å². The van der Waals surface area contributed by atoms with Gasteiger partial charge in [-0.1, -0.05) is 12.1 Å². The number of ether oxygens (including phenoxy) is 4. The Bertz CT molecular complexity index is 413. The van der Waals surface area contributed by atoms with Gasteiger partial charge in [0.25, 0.3) is 0 Å². The van der Waals surface area contributed by atoms with Gasteiger partial charge in [-0.2, -0.15) is 0 Å². The largest absolute Gasteiger partial charge is 0.502 e. The van der Waals surface area contributed by atoms with E-state index in [-0.39, 0.29) is 0 Å². The van der Waals surface area contributed by atoms with Crippen molar-refractivity contribution in [3.05, 3.63) is 30.0 Å². The summed E-state index contributed by atoms with van der Waals surface area (Å²) in [5.41, 5.74) is 1.09. The summed E-state index contributed by atoms with van der Waals surface area (Å²) in [5, 5.41) is 0. The highest BCUT2D eigenvalue weighted by molar-refractivity contribution is 5.55. The molecule has 0 N–H and O–H groups in total. The summed E-state index contributed by atoms with van der Waals surface area (Å²) in [6, 6.07) is 3.89. The molecule has 1 aromatic carbocycles. The third-order valence-corrected chi connectivity index (χ3v) is 2.73. The highest BCUT2D eigenvalue weighted by Crippen LogP contribution is 2.40. The molecule has 0 aromatic heterocycles. The van der Waals surface area contributed by atoms with Crippen molar-refractivity contribution in [2.45, 2.75) is 19.8 Å². The number of hydrogen-bond acceptors (Lipinski definition) is 4. The fraction of sp³-hybridized carbons (Fsp3) is 0.467. The molecule has 0 spiro atoms. The molecule has 0 aliphatic heterocycles. The molecule has 0 atom stereocenters. The van der Waals surface area contributed by atoms with Crippen molar-refractivity contribution in [1.29, 1.82) is 0 Å². The van der Waals surface area contributed by atoms with Crippen molar-refractivity contribution in [2.24, 2.45) is 0 Å². The van der Waals surface area contributed by atoms with Crippen molar-refractivity contribution < 1.29 is 18.9 Å². The molecule has 0 aliphatic carbocycles. The SMILES string of the molecule is CC=COCCCc1ccc(OC)c(OC)c1OC. The zero-order valence-corrected chi connectivity index (χ0v) is 12.1. The summed E-state index contributed by atoms with van der Waals surface area (Å²) in [6.07, 6.45) is 5.35. The normalized spacial score (nSPS) is 10.5. The Morgan fingerprint density at radius 3 is 2.32 bits per heavy atom. The lowest BCUT2D eigenvalue weighted by Crippen LogP contribution is -2.00. The Morgan fingerprint density at radius 1 is 1.00 bits per heavy atom. The number of allylic oxidation sites excluding steroid dienone is 1. The summed E-state index contributed by atoms with van der Waals surface area (Å²) >= 11 is 0. The van der Waals surface area contributed by atoms with E-state index >= 15 is 0 Å². The highest BCUT2D eigenvalue weighted by Gasteiger charge is 2.15. The molecule has 0 unspecified atom stereocenters. The van der Waals surface area contributed by atoms with Gasteiger partial charge in [0.2, 0.25) is 5.75 Å². The lowest BCUT2D eigenvalue weighted by molar-refractivity contribution is 0.243. The smallest absolute Gasteiger partial charge is 0.203 e. The van der Waals surface area contributed by atoms with Gasteiger partial charge in [-0.05, 0) is 31.4 Å². The molecule has 4 heteroatoms. The minimum atomic E-state index is 0.636. The molecule has 0 aliphatic rings. The quantitative estimate of drug-likeness (QED) is 0.535. The lowest BCUT2D eigenvalue weighted by Gasteiger charge is -2.15. The molecule has 1 aromatic rings. The van der Waals surface area contributed by atoms with E-state index in [1.54, 1.807) is 27.6 Å². The van der Waals surface area contributed by atoms with Gasteiger partial charge < -0.3 is 18.9 Å². The van der Waals surface area contributed by atoms with Crippen LogP contribution in [0, 0.1) is 0 Å². The van der Waals surface area contributed by atoms with Crippen LogP contribution in [0.15, 0.2) is 24.5 Å². The monoisotopic (exact) mass is 266 g/mol. The van der Waals surface area contributed by atoms with Crippen LogP contribution in [0.3, 0.4) is 0 Å². The van der Waals surface area contributed by atoms with E-state index in [4.69, 9.17) is 18.9 Å². The maximum Gasteiger partial charge on any atom is 0.203 e. The summed E-state index contributed by atoms with van der Waals surface area (Å²) in [6.45, 7) is 2.61. The first-order chi connectivity index (χ1) is 9.28. The number of methoxy groups -OCH3 is 3. The zero-order chi connectivity index (χ0) is 14.1. The Balaban J connectivity index is 2.77. The molecule has 1 rings (SSSR count). The topological polar surface area (TPSA) is 36.9 Å². The number of rotatable bonds is 8. The third-order valence-electron chi connectivity index (χ3n) is 2.73. The fourth-order valence-corrected chi connectivity index (χ4v) is 1.87. The molecule has 106 valence electrons. The summed E-state index contributed by atoms with van der Waals surface area (Å²) < 4.78 is 21.3. The molecule has 0 bridgehead atoms. The second-order valence-corrected chi connectivity index (χ2v) is 3.94. The van der Waals surface area contributed by atoms with Crippen LogP contribution in [0.5, 0.6) is 17.2 Å². The Kier molecular flexibility index (Phi) is 6.64. The predicted molar refractivity (Wildman–Crippen MR) is 75.2 cm³/mol. The van der Waals surface area contributed by atoms with E-state index in [0.717, 1.165) is 24.2 Å². The standard InChI is InChI=1S/C15H22O4/c1-5-10-19-11-6-7-12-8-9-13(16-2)15(18-4)14(12)17-3/h5,8-10H,6-7,11H2,1-4H3. The molecular weight excluding hydrogens is 244 g/mol. The van der Waals surface area contributed by atoms with E-state index in [2.05, 4.69) is 0 Å². The van der Waals surface area contributed by atoms with Gasteiger partial charge in [0.05, 0.1) is 34.2 Å². The van der Waals surface area contributed by atoms with Crippen LogP contribution >= 0.6 is 0 Å². The average molecular weight is 266 g/mol. The molecule has 4 nitrogen and oxygen atoms in total. The zero-order valence-electron chi connectivity index (χ0n) is 12.1. The van der Waals surface area contributed by atoms with Crippen LogP contribution in [0.2, 0.25) is 0 Å². The molecule has 0 radical (unpaired) electrons. The van der Waals surface area contributed by atoms with Gasteiger partial charge in [-0.25, -0.2) is 0 Å². The molecule has 0 saturated carbocycles. The molecular formula is C15H22O4. The lowest BCUT2D eigenvalue weighted by atomic mass is 10.1. The summed E-state index contributed by atoms with van der Waals surface area (Å²) in [4.78, 5) is 0. The van der Waals surface area contributed by atoms with Gasteiger partial charge >= 0.3 is 0 Å². The maximum absolute atomic E-state index is 5.43. The summed E-state index contributed by atoms with van der Waals surface area (Å²) in [7, 11) is 4.86. The van der Waals surface area contributed by atoms with Gasteiger partial charge in [0, 0.05) is 0 Å². The van der Waals surface area contributed by atoms with Gasteiger partial charge in [0.15, 0.2) is 11.5 Å². The van der Waals surface area contributed by atoms with Crippen molar-refractivity contribution in [2.75, 3.05) is 27.9 Å². The Hall–Kier alpha value is -1.84. The van der Waals surface area contributed by atoms with Crippen molar-refractivity contribution in [1.82, 2.24) is 0 Å². The van der Waals surface area contributed by atoms with Crippen LogP contribution in [0.25, 0.3) is 0 Å². The second kappa shape index (κ2) is 8.29. The Morgan fingerprint density at radius 2 is 1.74 bits per heavy atom. The predicted octanol–water partition coefficient (Wildman–Crippen LogP) is 3.20. The van der Waals surface area contributed by atoms with E-state index < -0.39 is 0 Å². The van der Waals surface area contributed by atoms with Crippen LogP contribution in [0.4, 0.5) is 0 Å². The molecule has 0 heterocycles. The average Bonchev–Trinajstić information content (AvgIpc) is 2.45. The van der Waals surface area contributed by atoms with E-state index in [1.807, 2.05) is 25.1 Å². The van der Waals surface area contributed by atoms with Crippen LogP contribution in [0.1, 0.15) is 18.9 Å². The molecule has 0 fully saturated rings. The maximum atomic E-state index is 5.43. The van der Waals surface area contributed by atoms with Crippen LogP contribution in [-0.2, 0) is 11.2 Å². The van der Waals surface area contributed by atoms with Gasteiger partial charge in [-0.15, -0.1) is 0 Å². The first kappa shape index (κ1) is 15.2. The van der Waals surface area contributed by atoms with Crippen LogP contribution in [-0.4, -0.2) is 27.9 Å². The first-order valence-corrected chi connectivity index (χ1v) is 6.29. The van der Waals surface area contributed by atoms with Gasteiger partial charge in [0.1, 0.15) is 0 Å². The van der Waals surface area contributed by atoms with Crippen LogP contribution < -0.4 is 14.2 Å². The molecule has 19 heavy (non-hydrogen) atoms. The third kappa shape index (κ3) is 4.09. The first-order valence-electron chi connectivity index (χ1n) is 6.29. The van der Waals surface area contributed by atoms with Gasteiger partial charge in [-0.3, -0.25) is 0 Å². The fourth-order valence-electron chi connectivity index (χ4n) is 1.87. The number of aryl methyl sites for hydroxylation is 1. The minimum Gasteiger partial charge on any atom is -0.502 e. The summed E-state index contributed by atoms with van der Waals surface area (Å²) in [5.74, 6) is 2.04. The van der Waals surface area contributed by atoms with Crippen molar-refractivity contribution >= 4 is 0 Å². The van der Waals surface area contributed by atoms with Crippen molar-refractivity contribution in [3.63, 3.8) is 0 Å². The molecule has 0 amide bonds. The Labute approximate surface area is 114 Å². The second-order valence-electron chi connectivity index (χ2n) is 3.94. The number of benzene rings is 1.